The molecule has 2 nitrogen and oxygen atoms in total. The summed E-state index contributed by atoms with van der Waals surface area (Å²) in [5, 5.41) is 0.972. The molecular formula is C13H15Cl3O2S. The normalized spacial score (nSPS) is 11.5. The Bertz CT molecular complexity index is 475. The summed E-state index contributed by atoms with van der Waals surface area (Å²) in [5.74, 6) is -0.258. The van der Waals surface area contributed by atoms with Crippen molar-refractivity contribution in [3.63, 3.8) is 0 Å². The second-order valence-electron chi connectivity index (χ2n) is 4.77. The number of hydrogen-bond donors (Lipinski definition) is 0. The van der Waals surface area contributed by atoms with Gasteiger partial charge in [-0.25, -0.2) is 0 Å². The number of ether oxygens (including phenoxy) is 1. The Morgan fingerprint density at radius 3 is 2.53 bits per heavy atom. The first-order valence-corrected chi connectivity index (χ1v) is 8.15. The lowest BCUT2D eigenvalue weighted by Gasteiger charge is -2.20. The van der Waals surface area contributed by atoms with E-state index < -0.39 is 5.41 Å². The summed E-state index contributed by atoms with van der Waals surface area (Å²) in [7, 11) is 6.68. The molecule has 1 aromatic carbocycles. The van der Waals surface area contributed by atoms with Gasteiger partial charge in [0.2, 0.25) is 0 Å². The first-order valence-electron chi connectivity index (χ1n) is 5.75. The van der Waals surface area contributed by atoms with Gasteiger partial charge in [-0.15, -0.1) is 0 Å². The van der Waals surface area contributed by atoms with Gasteiger partial charge in [-0.05, 0) is 54.1 Å². The summed E-state index contributed by atoms with van der Waals surface area (Å²) in [6.07, 6.45) is 0.706. The van der Waals surface area contributed by atoms with Crippen molar-refractivity contribution in [3.05, 3.63) is 27.7 Å². The van der Waals surface area contributed by atoms with Gasteiger partial charge in [-0.3, -0.25) is 4.79 Å². The zero-order valence-corrected chi connectivity index (χ0v) is 14.0. The van der Waals surface area contributed by atoms with Gasteiger partial charge in [-0.1, -0.05) is 30.1 Å². The summed E-state index contributed by atoms with van der Waals surface area (Å²) in [6, 6.07) is 3.34. The Morgan fingerprint density at radius 1 is 1.37 bits per heavy atom. The van der Waals surface area contributed by atoms with Crippen molar-refractivity contribution < 1.29 is 9.53 Å². The minimum absolute atomic E-state index is 0.0894. The average Bonchev–Trinajstić information content (AvgIpc) is 2.38. The summed E-state index contributed by atoms with van der Waals surface area (Å²) in [4.78, 5) is 12.5. The highest BCUT2D eigenvalue weighted by molar-refractivity contribution is 8.21. The SMILES string of the molecule is CCC(C)(C)C(=O)OCc1cc(Cl)cc(SCl)c1Cl. The smallest absolute Gasteiger partial charge is 0.311 e. The Labute approximate surface area is 132 Å². The highest BCUT2D eigenvalue weighted by atomic mass is 35.7. The Hall–Kier alpha value is -0.0900. The molecular weight excluding hydrogens is 327 g/mol. The van der Waals surface area contributed by atoms with Gasteiger partial charge in [0, 0.05) is 15.5 Å². The number of rotatable bonds is 5. The van der Waals surface area contributed by atoms with E-state index in [1.807, 2.05) is 20.8 Å². The number of carbonyl (C=O) groups is 1. The molecule has 0 bridgehead atoms. The second kappa shape index (κ2) is 7.07. The molecule has 19 heavy (non-hydrogen) atoms. The molecule has 0 saturated heterocycles. The molecule has 0 aromatic heterocycles. The third-order valence-electron chi connectivity index (χ3n) is 2.96. The fraction of sp³-hybridized carbons (Fsp3) is 0.462. The van der Waals surface area contributed by atoms with Crippen molar-refractivity contribution in [2.75, 3.05) is 0 Å². The maximum Gasteiger partial charge on any atom is 0.311 e. The first kappa shape index (κ1) is 17.0. The molecule has 0 N–H and O–H groups in total. The van der Waals surface area contributed by atoms with Gasteiger partial charge < -0.3 is 4.74 Å². The van der Waals surface area contributed by atoms with Gasteiger partial charge in [0.15, 0.2) is 0 Å². The lowest BCUT2D eigenvalue weighted by molar-refractivity contribution is -0.155. The third-order valence-corrected chi connectivity index (χ3v) is 4.72. The topological polar surface area (TPSA) is 26.3 Å². The molecule has 0 radical (unpaired) electrons. The molecule has 0 unspecified atom stereocenters. The minimum Gasteiger partial charge on any atom is -0.460 e. The Balaban J connectivity index is 2.84. The summed E-state index contributed by atoms with van der Waals surface area (Å²) < 4.78 is 5.28. The van der Waals surface area contributed by atoms with Crippen molar-refractivity contribution >= 4 is 50.8 Å². The van der Waals surface area contributed by atoms with Crippen molar-refractivity contribution in [2.24, 2.45) is 5.41 Å². The van der Waals surface area contributed by atoms with Gasteiger partial charge in [0.1, 0.15) is 6.61 Å². The van der Waals surface area contributed by atoms with Crippen LogP contribution in [-0.4, -0.2) is 5.97 Å². The van der Waals surface area contributed by atoms with E-state index in [2.05, 4.69) is 0 Å². The van der Waals surface area contributed by atoms with E-state index in [0.717, 1.165) is 11.0 Å². The first-order chi connectivity index (χ1) is 8.81. The molecule has 0 amide bonds. The van der Waals surface area contributed by atoms with Gasteiger partial charge in [-0.2, -0.15) is 0 Å². The van der Waals surface area contributed by atoms with Crippen molar-refractivity contribution in [1.82, 2.24) is 0 Å². The highest BCUT2D eigenvalue weighted by Crippen LogP contribution is 2.35. The largest absolute Gasteiger partial charge is 0.460 e. The molecule has 0 spiro atoms. The average molecular weight is 342 g/mol. The van der Waals surface area contributed by atoms with Crippen LogP contribution in [0, 0.1) is 5.41 Å². The van der Waals surface area contributed by atoms with Gasteiger partial charge in [0.25, 0.3) is 0 Å². The van der Waals surface area contributed by atoms with Crippen LogP contribution < -0.4 is 0 Å². The molecule has 1 aromatic rings. The zero-order valence-electron chi connectivity index (χ0n) is 10.9. The van der Waals surface area contributed by atoms with Crippen LogP contribution in [0.2, 0.25) is 10.0 Å². The quantitative estimate of drug-likeness (QED) is 0.641. The molecule has 0 aliphatic carbocycles. The lowest BCUT2D eigenvalue weighted by Crippen LogP contribution is -2.25. The van der Waals surface area contributed by atoms with Crippen LogP contribution in [0.5, 0.6) is 0 Å². The van der Waals surface area contributed by atoms with E-state index in [0.29, 0.717) is 26.9 Å². The molecule has 0 saturated carbocycles. The third kappa shape index (κ3) is 4.45. The van der Waals surface area contributed by atoms with E-state index in [9.17, 15) is 4.79 Å². The maximum absolute atomic E-state index is 11.9. The minimum atomic E-state index is -0.505. The van der Waals surface area contributed by atoms with E-state index >= 15 is 0 Å². The van der Waals surface area contributed by atoms with Crippen molar-refractivity contribution in [1.29, 1.82) is 0 Å². The van der Waals surface area contributed by atoms with Crippen LogP contribution in [0.15, 0.2) is 17.0 Å². The molecule has 6 heteroatoms. The van der Waals surface area contributed by atoms with Crippen LogP contribution in [0.3, 0.4) is 0 Å². The van der Waals surface area contributed by atoms with Crippen LogP contribution in [0.25, 0.3) is 0 Å². The van der Waals surface area contributed by atoms with Crippen molar-refractivity contribution in [2.45, 2.75) is 38.7 Å². The zero-order chi connectivity index (χ0) is 14.6. The van der Waals surface area contributed by atoms with Crippen LogP contribution in [0.4, 0.5) is 0 Å². The molecule has 0 aliphatic rings. The Morgan fingerprint density at radius 2 is 2.00 bits per heavy atom. The predicted octanol–water partition coefficient (Wildman–Crippen LogP) is 5.72. The number of benzene rings is 1. The number of esters is 1. The second-order valence-corrected chi connectivity index (χ2v) is 6.64. The van der Waals surface area contributed by atoms with E-state index in [4.69, 9.17) is 38.6 Å². The van der Waals surface area contributed by atoms with Crippen molar-refractivity contribution in [3.8, 4) is 0 Å². The fourth-order valence-corrected chi connectivity index (χ4v) is 2.70. The summed E-state index contributed by atoms with van der Waals surface area (Å²) >= 11 is 12.1. The number of carbonyl (C=O) groups excluding carboxylic acids is 1. The molecule has 0 aliphatic heterocycles. The Kier molecular flexibility index (Phi) is 6.31. The highest BCUT2D eigenvalue weighted by Gasteiger charge is 2.27. The van der Waals surface area contributed by atoms with E-state index in [-0.39, 0.29) is 12.6 Å². The number of hydrogen-bond acceptors (Lipinski definition) is 3. The van der Waals surface area contributed by atoms with E-state index in [1.54, 1.807) is 12.1 Å². The monoisotopic (exact) mass is 340 g/mol. The standard InChI is InChI=1S/C13H15Cl3O2S/c1-4-13(2,3)12(17)18-7-8-5-9(14)6-10(19-16)11(8)15/h5-6H,4,7H2,1-3H3. The lowest BCUT2D eigenvalue weighted by atomic mass is 9.91. The molecule has 0 atom stereocenters. The summed E-state index contributed by atoms with van der Waals surface area (Å²) in [6.45, 7) is 5.71. The maximum atomic E-state index is 11.9. The van der Waals surface area contributed by atoms with Crippen LogP contribution >= 0.6 is 44.9 Å². The van der Waals surface area contributed by atoms with Gasteiger partial charge in [0.05, 0.1) is 10.4 Å². The molecule has 1 rings (SSSR count). The molecule has 0 fully saturated rings. The van der Waals surface area contributed by atoms with E-state index in [1.165, 1.54) is 0 Å². The summed E-state index contributed by atoms with van der Waals surface area (Å²) in [5.41, 5.74) is 0.146. The van der Waals surface area contributed by atoms with Crippen LogP contribution in [-0.2, 0) is 16.1 Å². The number of halogens is 3. The fourth-order valence-electron chi connectivity index (χ4n) is 1.26. The van der Waals surface area contributed by atoms with Crippen LogP contribution in [0.1, 0.15) is 32.8 Å². The predicted molar refractivity (Wildman–Crippen MR) is 82.0 cm³/mol. The van der Waals surface area contributed by atoms with Gasteiger partial charge >= 0.3 is 5.97 Å². The molecule has 106 valence electrons. The molecule has 0 heterocycles.